The first kappa shape index (κ1) is 12.5. The Labute approximate surface area is 96.9 Å². The second-order valence-corrected chi connectivity index (χ2v) is 3.68. The molecule has 16 heavy (non-hydrogen) atoms. The number of methoxy groups -OCH3 is 1. The normalized spacial score (nSPS) is 10.6. The molecule has 1 aromatic rings. The maximum Gasteiger partial charge on any atom is 0.142 e. The van der Waals surface area contributed by atoms with Crippen LogP contribution in [0.5, 0.6) is 5.75 Å². The van der Waals surface area contributed by atoms with Crippen molar-refractivity contribution in [1.29, 1.82) is 0 Å². The Morgan fingerprint density at radius 2 is 2.19 bits per heavy atom. The van der Waals surface area contributed by atoms with Gasteiger partial charge in [0.25, 0.3) is 0 Å². The molecule has 0 atom stereocenters. The highest BCUT2D eigenvalue weighted by Crippen LogP contribution is 2.22. The fourth-order valence-electron chi connectivity index (χ4n) is 1.57. The Hall–Kier alpha value is -1.57. The molecule has 0 amide bonds. The van der Waals surface area contributed by atoms with E-state index >= 15 is 0 Å². The lowest BCUT2D eigenvalue weighted by molar-refractivity contribution is -0.104. The van der Waals surface area contributed by atoms with Crippen molar-refractivity contribution in [1.82, 2.24) is 0 Å². The summed E-state index contributed by atoms with van der Waals surface area (Å²) in [5.41, 5.74) is 2.22. The van der Waals surface area contributed by atoms with Crippen LogP contribution in [-0.2, 0) is 11.2 Å². The van der Waals surface area contributed by atoms with Gasteiger partial charge in [-0.1, -0.05) is 25.5 Å². The van der Waals surface area contributed by atoms with E-state index in [0.29, 0.717) is 0 Å². The van der Waals surface area contributed by atoms with Gasteiger partial charge in [-0.2, -0.15) is 0 Å². The molecule has 0 N–H and O–H groups in total. The topological polar surface area (TPSA) is 26.3 Å². The van der Waals surface area contributed by atoms with Crippen molar-refractivity contribution in [2.75, 3.05) is 7.11 Å². The molecular weight excluding hydrogens is 200 g/mol. The number of aldehydes is 1. The van der Waals surface area contributed by atoms with Crippen LogP contribution in [0.25, 0.3) is 6.08 Å². The fraction of sp³-hybridized carbons (Fsp3) is 0.357. The smallest absolute Gasteiger partial charge is 0.142 e. The van der Waals surface area contributed by atoms with Gasteiger partial charge in [0.1, 0.15) is 12.0 Å². The van der Waals surface area contributed by atoms with Gasteiger partial charge >= 0.3 is 0 Å². The molecule has 0 aromatic heterocycles. The summed E-state index contributed by atoms with van der Waals surface area (Å²) in [7, 11) is 1.65. The lowest BCUT2D eigenvalue weighted by Gasteiger charge is -2.07. The van der Waals surface area contributed by atoms with Gasteiger partial charge < -0.3 is 4.74 Å². The zero-order valence-electron chi connectivity index (χ0n) is 9.90. The van der Waals surface area contributed by atoms with E-state index in [1.165, 1.54) is 24.5 Å². The molecule has 2 nitrogen and oxygen atoms in total. The number of carbonyl (C=O) groups is 1. The van der Waals surface area contributed by atoms with Gasteiger partial charge in [-0.3, -0.25) is 4.79 Å². The zero-order valence-corrected chi connectivity index (χ0v) is 9.90. The molecule has 2 heteroatoms. The number of hydrogen-bond donors (Lipinski definition) is 0. The van der Waals surface area contributed by atoms with Crippen molar-refractivity contribution in [3.63, 3.8) is 0 Å². The zero-order chi connectivity index (χ0) is 11.8. The number of carbonyl (C=O) groups excluding carboxylic acids is 1. The maximum absolute atomic E-state index is 10.3. The molecule has 1 aromatic carbocycles. The molecule has 0 fully saturated rings. The van der Waals surface area contributed by atoms with E-state index < -0.39 is 0 Å². The third-order valence-electron chi connectivity index (χ3n) is 2.47. The highest BCUT2D eigenvalue weighted by Gasteiger charge is 2.01. The highest BCUT2D eigenvalue weighted by atomic mass is 16.5. The number of hydrogen-bond acceptors (Lipinski definition) is 2. The van der Waals surface area contributed by atoms with E-state index in [1.54, 1.807) is 13.2 Å². The summed E-state index contributed by atoms with van der Waals surface area (Å²) in [6.45, 7) is 2.18. The first-order chi connectivity index (χ1) is 7.81. The molecule has 0 unspecified atom stereocenters. The number of rotatable bonds is 6. The van der Waals surface area contributed by atoms with E-state index in [1.807, 2.05) is 12.1 Å². The summed E-state index contributed by atoms with van der Waals surface area (Å²) >= 11 is 0. The summed E-state index contributed by atoms with van der Waals surface area (Å²) in [6.07, 6.45) is 7.45. The molecule has 0 aliphatic heterocycles. The van der Waals surface area contributed by atoms with Gasteiger partial charge in [0.05, 0.1) is 7.11 Å². The van der Waals surface area contributed by atoms with Crippen molar-refractivity contribution in [2.24, 2.45) is 0 Å². The summed E-state index contributed by atoms with van der Waals surface area (Å²) < 4.78 is 5.30. The third-order valence-corrected chi connectivity index (χ3v) is 2.47. The van der Waals surface area contributed by atoms with E-state index in [4.69, 9.17) is 4.74 Å². The Kier molecular flexibility index (Phi) is 5.34. The Balaban J connectivity index is 2.87. The van der Waals surface area contributed by atoms with Gasteiger partial charge in [-0.15, -0.1) is 0 Å². The number of unbranched alkanes of at least 4 members (excludes halogenated alkanes) is 1. The molecule has 0 saturated carbocycles. The van der Waals surface area contributed by atoms with Gasteiger partial charge in [-0.25, -0.2) is 0 Å². The van der Waals surface area contributed by atoms with Crippen LogP contribution < -0.4 is 4.74 Å². The number of aryl methyl sites for hydroxylation is 1. The van der Waals surface area contributed by atoms with E-state index in [-0.39, 0.29) is 0 Å². The van der Waals surface area contributed by atoms with E-state index in [2.05, 4.69) is 13.0 Å². The summed E-state index contributed by atoms with van der Waals surface area (Å²) in [5, 5.41) is 0. The van der Waals surface area contributed by atoms with Crippen molar-refractivity contribution >= 4 is 12.4 Å². The SMILES string of the molecule is CCCCc1ccc(/C=C\C=O)c(OC)c1. The van der Waals surface area contributed by atoms with Crippen LogP contribution in [0, 0.1) is 0 Å². The molecule has 0 aliphatic carbocycles. The number of ether oxygens (including phenoxy) is 1. The lowest BCUT2D eigenvalue weighted by atomic mass is 10.0. The lowest BCUT2D eigenvalue weighted by Crippen LogP contribution is -1.91. The predicted octanol–water partition coefficient (Wildman–Crippen LogP) is 3.25. The van der Waals surface area contributed by atoms with Crippen LogP contribution in [-0.4, -0.2) is 13.4 Å². The quantitative estimate of drug-likeness (QED) is 0.541. The molecule has 0 aliphatic rings. The average molecular weight is 218 g/mol. The number of allylic oxidation sites excluding steroid dienone is 1. The standard InChI is InChI=1S/C14H18O2/c1-3-4-6-12-8-9-13(7-5-10-15)14(11-12)16-2/h5,7-11H,3-4,6H2,1-2H3/b7-5-. The highest BCUT2D eigenvalue weighted by molar-refractivity contribution is 5.75. The molecule has 0 heterocycles. The Morgan fingerprint density at radius 1 is 1.38 bits per heavy atom. The second kappa shape index (κ2) is 6.83. The van der Waals surface area contributed by atoms with Crippen molar-refractivity contribution in [2.45, 2.75) is 26.2 Å². The Morgan fingerprint density at radius 3 is 2.81 bits per heavy atom. The summed E-state index contributed by atoms with van der Waals surface area (Å²) in [6, 6.07) is 6.12. The average Bonchev–Trinajstić information content (AvgIpc) is 2.34. The van der Waals surface area contributed by atoms with Crippen LogP contribution in [0.3, 0.4) is 0 Å². The first-order valence-corrected chi connectivity index (χ1v) is 5.60. The molecule has 1 rings (SSSR count). The van der Waals surface area contributed by atoms with E-state index in [9.17, 15) is 4.79 Å². The molecule has 0 spiro atoms. The van der Waals surface area contributed by atoms with Crippen molar-refractivity contribution < 1.29 is 9.53 Å². The minimum atomic E-state index is 0.768. The van der Waals surface area contributed by atoms with Crippen molar-refractivity contribution in [3.8, 4) is 5.75 Å². The van der Waals surface area contributed by atoms with Crippen LogP contribution in [0.4, 0.5) is 0 Å². The minimum Gasteiger partial charge on any atom is -0.496 e. The predicted molar refractivity (Wildman–Crippen MR) is 66.7 cm³/mol. The molecule has 86 valence electrons. The molecule has 0 radical (unpaired) electrons. The Bertz CT molecular complexity index is 367. The van der Waals surface area contributed by atoms with Crippen LogP contribution in [0.1, 0.15) is 30.9 Å². The third kappa shape index (κ3) is 3.54. The van der Waals surface area contributed by atoms with E-state index in [0.717, 1.165) is 24.0 Å². The van der Waals surface area contributed by atoms with Gasteiger partial charge in [0, 0.05) is 5.56 Å². The summed E-state index contributed by atoms with van der Waals surface area (Å²) in [4.78, 5) is 10.3. The maximum atomic E-state index is 10.3. The fourth-order valence-corrected chi connectivity index (χ4v) is 1.57. The van der Waals surface area contributed by atoms with Crippen molar-refractivity contribution in [3.05, 3.63) is 35.4 Å². The molecule has 0 bridgehead atoms. The molecule has 0 saturated heterocycles. The minimum absolute atomic E-state index is 0.768. The summed E-state index contributed by atoms with van der Waals surface area (Å²) in [5.74, 6) is 0.826. The first-order valence-electron chi connectivity index (χ1n) is 5.60. The van der Waals surface area contributed by atoms with Gasteiger partial charge in [-0.05, 0) is 36.6 Å². The second-order valence-electron chi connectivity index (χ2n) is 3.68. The largest absolute Gasteiger partial charge is 0.496 e. The van der Waals surface area contributed by atoms with Gasteiger partial charge in [0.15, 0.2) is 0 Å². The molecular formula is C14H18O2. The van der Waals surface area contributed by atoms with Crippen LogP contribution in [0.2, 0.25) is 0 Å². The van der Waals surface area contributed by atoms with Gasteiger partial charge in [0.2, 0.25) is 0 Å². The monoisotopic (exact) mass is 218 g/mol. The van der Waals surface area contributed by atoms with Crippen LogP contribution >= 0.6 is 0 Å². The van der Waals surface area contributed by atoms with Crippen LogP contribution in [0.15, 0.2) is 24.3 Å². The number of benzene rings is 1.